The fourth-order valence-corrected chi connectivity index (χ4v) is 18.4. The molecule has 2 aromatic carbocycles. The molecule has 2 aromatic rings. The molecule has 0 saturated carbocycles. The molecule has 0 aliphatic rings. The molecule has 0 aromatic heterocycles. The van der Waals surface area contributed by atoms with E-state index in [1.165, 1.54) is 18.9 Å². The molecule has 21 heavy (non-hydrogen) atoms. The first kappa shape index (κ1) is 16.2. The lowest BCUT2D eigenvalue weighted by Crippen LogP contribution is -2.72. The van der Waals surface area contributed by atoms with Crippen molar-refractivity contribution in [3.05, 3.63) is 60.7 Å². The summed E-state index contributed by atoms with van der Waals surface area (Å²) in [6.07, 6.45) is 2.64. The molecule has 0 nitrogen and oxygen atoms in total. The Balaban J connectivity index is 2.66. The Hall–Kier alpha value is -1.13. The first-order valence-electron chi connectivity index (χ1n) is 8.13. The Morgan fingerprint density at radius 3 is 1.48 bits per heavy atom. The Bertz CT molecular complexity index is 501. The Morgan fingerprint density at radius 1 is 0.714 bits per heavy atom. The van der Waals surface area contributed by atoms with E-state index in [2.05, 4.69) is 87.2 Å². The van der Waals surface area contributed by atoms with E-state index in [-0.39, 0.29) is 0 Å². The third-order valence-corrected chi connectivity index (χ3v) is 21.2. The highest BCUT2D eigenvalue weighted by atomic mass is 29.3. The topological polar surface area (TPSA) is 0 Å². The highest BCUT2D eigenvalue weighted by Gasteiger charge is 2.47. The zero-order valence-corrected chi connectivity index (χ0v) is 15.9. The van der Waals surface area contributed by atoms with Crippen LogP contribution >= 0.6 is 0 Å². The van der Waals surface area contributed by atoms with E-state index in [0.717, 1.165) is 0 Å². The van der Waals surface area contributed by atoms with E-state index >= 15 is 0 Å². The maximum atomic E-state index is 2.58. The van der Waals surface area contributed by atoms with Crippen molar-refractivity contribution >= 4 is 25.6 Å². The maximum Gasteiger partial charge on any atom is 0.110 e. The number of hydrogen-bond donors (Lipinski definition) is 0. The van der Waals surface area contributed by atoms with E-state index in [4.69, 9.17) is 0 Å². The van der Waals surface area contributed by atoms with Crippen molar-refractivity contribution in [1.82, 2.24) is 0 Å². The summed E-state index contributed by atoms with van der Waals surface area (Å²) in [7, 11) is -2.95. The molecule has 0 spiro atoms. The van der Waals surface area contributed by atoms with E-state index in [1.54, 1.807) is 10.4 Å². The molecule has 0 atom stereocenters. The molecule has 2 heteroatoms. The summed E-state index contributed by atoms with van der Waals surface area (Å²) in [5.74, 6) is 0. The van der Waals surface area contributed by atoms with Crippen LogP contribution in [-0.2, 0) is 0 Å². The highest BCUT2D eigenvalue weighted by Crippen LogP contribution is 2.26. The van der Waals surface area contributed by atoms with Crippen molar-refractivity contribution in [2.24, 2.45) is 0 Å². The predicted molar refractivity (Wildman–Crippen MR) is 101 cm³/mol. The average molecular weight is 313 g/mol. The quantitative estimate of drug-likeness (QED) is 0.691. The van der Waals surface area contributed by atoms with Gasteiger partial charge in [0, 0.05) is 7.59 Å². The minimum atomic E-state index is -1.63. The first-order chi connectivity index (χ1) is 10.0. The van der Waals surface area contributed by atoms with Crippen molar-refractivity contribution in [3.8, 4) is 0 Å². The van der Waals surface area contributed by atoms with Crippen molar-refractivity contribution in [1.29, 1.82) is 0 Å². The van der Waals surface area contributed by atoms with Crippen molar-refractivity contribution < 1.29 is 0 Å². The SMILES string of the molecule is CCCC[Si](c1ccccc1)(c1ccccc1)[Si](C)(C)C. The third kappa shape index (κ3) is 3.22. The van der Waals surface area contributed by atoms with Gasteiger partial charge >= 0.3 is 0 Å². The van der Waals surface area contributed by atoms with Gasteiger partial charge in [0.1, 0.15) is 7.59 Å². The molecular formula is C19H28Si2. The molecular weight excluding hydrogens is 284 g/mol. The monoisotopic (exact) mass is 312 g/mol. The van der Waals surface area contributed by atoms with Crippen molar-refractivity contribution in [3.63, 3.8) is 0 Å². The van der Waals surface area contributed by atoms with Crippen LogP contribution in [-0.4, -0.2) is 15.2 Å². The van der Waals surface area contributed by atoms with Crippen LogP contribution in [0.5, 0.6) is 0 Å². The molecule has 0 radical (unpaired) electrons. The normalized spacial score (nSPS) is 12.4. The van der Waals surface area contributed by atoms with E-state index < -0.39 is 15.2 Å². The molecule has 0 aliphatic carbocycles. The fraction of sp³-hybridized carbons (Fsp3) is 0.368. The molecule has 2 rings (SSSR count). The summed E-state index contributed by atoms with van der Waals surface area (Å²) in [6.45, 7) is 10.1. The van der Waals surface area contributed by atoms with Crippen molar-refractivity contribution in [2.75, 3.05) is 0 Å². The smallest absolute Gasteiger partial charge is 0.0709 e. The molecule has 0 saturated heterocycles. The van der Waals surface area contributed by atoms with Gasteiger partial charge in [0.25, 0.3) is 0 Å². The lowest BCUT2D eigenvalue weighted by atomic mass is 10.4. The molecule has 0 fully saturated rings. The standard InChI is InChI=1S/C19H28Si2/c1-5-6-17-21(20(2,3)4,18-13-9-7-10-14-18)19-15-11-8-12-16-19/h7-16H,5-6,17H2,1-4H3. The largest absolute Gasteiger partial charge is 0.110 e. The van der Waals surface area contributed by atoms with Crippen LogP contribution in [0, 0.1) is 0 Å². The molecule has 112 valence electrons. The fourth-order valence-electron chi connectivity index (χ4n) is 3.58. The van der Waals surface area contributed by atoms with Crippen LogP contribution in [0.2, 0.25) is 25.7 Å². The Morgan fingerprint density at radius 2 is 1.14 bits per heavy atom. The van der Waals surface area contributed by atoms with Crippen LogP contribution in [0.25, 0.3) is 0 Å². The average Bonchev–Trinajstić information content (AvgIpc) is 2.49. The van der Waals surface area contributed by atoms with Crippen LogP contribution < -0.4 is 10.4 Å². The molecule has 0 unspecified atom stereocenters. The molecule has 0 heterocycles. The maximum absolute atomic E-state index is 2.58. The third-order valence-electron chi connectivity index (χ3n) is 4.72. The highest BCUT2D eigenvalue weighted by molar-refractivity contribution is 7.50. The van der Waals surface area contributed by atoms with Crippen molar-refractivity contribution in [2.45, 2.75) is 45.5 Å². The first-order valence-corrected chi connectivity index (χ1v) is 14.8. The summed E-state index contributed by atoms with van der Waals surface area (Å²) in [4.78, 5) is 0. The van der Waals surface area contributed by atoms with Gasteiger partial charge in [-0.3, -0.25) is 0 Å². The van der Waals surface area contributed by atoms with Gasteiger partial charge in [-0.05, 0) is 0 Å². The summed E-state index contributed by atoms with van der Waals surface area (Å²) >= 11 is 0. The van der Waals surface area contributed by atoms with E-state index in [0.29, 0.717) is 0 Å². The molecule has 0 N–H and O–H groups in total. The Labute approximate surface area is 132 Å². The molecule has 0 aliphatic heterocycles. The second-order valence-corrected chi connectivity index (χ2v) is 22.0. The van der Waals surface area contributed by atoms with E-state index in [1.807, 2.05) is 0 Å². The van der Waals surface area contributed by atoms with Gasteiger partial charge in [0.05, 0.1) is 0 Å². The lowest BCUT2D eigenvalue weighted by Gasteiger charge is -2.43. The number of rotatable bonds is 6. The van der Waals surface area contributed by atoms with E-state index in [9.17, 15) is 0 Å². The summed E-state index contributed by atoms with van der Waals surface area (Å²) in [5, 5.41) is 3.28. The molecule has 0 bridgehead atoms. The zero-order valence-electron chi connectivity index (χ0n) is 13.9. The Kier molecular flexibility index (Phi) is 5.23. The summed E-state index contributed by atoms with van der Waals surface area (Å²) < 4.78 is 0. The summed E-state index contributed by atoms with van der Waals surface area (Å²) in [5.41, 5.74) is 0. The second-order valence-electron chi connectivity index (χ2n) is 6.99. The molecule has 0 amide bonds. The van der Waals surface area contributed by atoms with Gasteiger partial charge in [-0.25, -0.2) is 0 Å². The van der Waals surface area contributed by atoms with Crippen LogP contribution in [0.3, 0.4) is 0 Å². The predicted octanol–water partition coefficient (Wildman–Crippen LogP) is 4.47. The number of hydrogen-bond acceptors (Lipinski definition) is 0. The minimum Gasteiger partial charge on any atom is -0.0709 e. The second kappa shape index (κ2) is 6.76. The number of unbranched alkanes of at least 4 members (excludes halogenated alkanes) is 1. The van der Waals surface area contributed by atoms with Gasteiger partial charge in [-0.1, -0.05) is 116 Å². The van der Waals surface area contributed by atoms with Crippen LogP contribution in [0.1, 0.15) is 19.8 Å². The van der Waals surface area contributed by atoms with Gasteiger partial charge < -0.3 is 0 Å². The van der Waals surface area contributed by atoms with Gasteiger partial charge in [-0.2, -0.15) is 0 Å². The zero-order chi connectivity index (χ0) is 15.3. The lowest BCUT2D eigenvalue weighted by molar-refractivity contribution is 0.875. The van der Waals surface area contributed by atoms with Gasteiger partial charge in [-0.15, -0.1) is 0 Å². The summed E-state index contributed by atoms with van der Waals surface area (Å²) in [6, 6.07) is 24.2. The van der Waals surface area contributed by atoms with Gasteiger partial charge in [0.2, 0.25) is 0 Å². The minimum absolute atomic E-state index is 1.29. The van der Waals surface area contributed by atoms with Gasteiger partial charge in [0.15, 0.2) is 0 Å². The van der Waals surface area contributed by atoms with Crippen LogP contribution in [0.4, 0.5) is 0 Å². The van der Waals surface area contributed by atoms with Crippen LogP contribution in [0.15, 0.2) is 60.7 Å². The number of benzene rings is 2.